The fourth-order valence-corrected chi connectivity index (χ4v) is 5.15. The van der Waals surface area contributed by atoms with Crippen molar-refractivity contribution >= 4 is 39.3 Å². The van der Waals surface area contributed by atoms with Crippen molar-refractivity contribution in [3.05, 3.63) is 88.9 Å². The summed E-state index contributed by atoms with van der Waals surface area (Å²) in [7, 11) is -4.17. The minimum atomic E-state index is -4.17. The third-order valence-corrected chi connectivity index (χ3v) is 7.40. The molecule has 3 aromatic carbocycles. The highest BCUT2D eigenvalue weighted by molar-refractivity contribution is 7.89. The zero-order chi connectivity index (χ0) is 26.6. The van der Waals surface area contributed by atoms with E-state index in [1.165, 1.54) is 29.7 Å². The summed E-state index contributed by atoms with van der Waals surface area (Å²) in [5, 5.41) is 9.65. The predicted octanol–water partition coefficient (Wildman–Crippen LogP) is 3.36. The van der Waals surface area contributed by atoms with Gasteiger partial charge < -0.3 is 4.74 Å². The summed E-state index contributed by atoms with van der Waals surface area (Å²) in [5.74, 6) is -0.994. The molecule has 3 N–H and O–H groups in total. The number of nitrogens with zero attached hydrogens (tertiary/aromatic N) is 1. The molecule has 0 radical (unpaired) electrons. The highest BCUT2D eigenvalue weighted by Crippen LogP contribution is 2.25. The lowest BCUT2D eigenvalue weighted by atomic mass is 10.1. The second kappa shape index (κ2) is 11.1. The second-order valence-corrected chi connectivity index (χ2v) is 10.3. The quantitative estimate of drug-likeness (QED) is 0.202. The first-order valence-electron chi connectivity index (χ1n) is 11.1. The molecule has 0 unspecified atom stereocenters. The van der Waals surface area contributed by atoms with E-state index in [4.69, 9.17) is 21.5 Å². The number of carbonyl (C=O) groups is 3. The number of hydroxylamine groups is 1. The van der Waals surface area contributed by atoms with E-state index < -0.39 is 33.8 Å². The standard InChI is InChI=1S/C25H22ClN3O7S/c26-16-7-9-17(10-8-16)36-18-11-13-19(14-12-18)37(34,35)28-22(23(30)27-33)6-3-15-29-24(31)20-4-1-2-5-21(20)25(29)32/h1-2,4-5,7-14,22,28,33H,3,6,15H2,(H,27,30)/t22-/m1/s1. The van der Waals surface area contributed by atoms with Crippen molar-refractivity contribution in [3.63, 3.8) is 0 Å². The first-order chi connectivity index (χ1) is 17.7. The number of nitrogens with one attached hydrogen (secondary N) is 2. The molecule has 37 heavy (non-hydrogen) atoms. The zero-order valence-electron chi connectivity index (χ0n) is 19.3. The van der Waals surface area contributed by atoms with Crippen LogP contribution in [0.4, 0.5) is 0 Å². The van der Waals surface area contributed by atoms with Crippen LogP contribution in [0.25, 0.3) is 0 Å². The summed E-state index contributed by atoms with van der Waals surface area (Å²) in [6, 6.07) is 17.2. The number of hydrogen-bond donors (Lipinski definition) is 3. The summed E-state index contributed by atoms with van der Waals surface area (Å²) < 4.78 is 33.7. The van der Waals surface area contributed by atoms with Crippen LogP contribution in [0.5, 0.6) is 11.5 Å². The van der Waals surface area contributed by atoms with E-state index in [9.17, 15) is 22.8 Å². The van der Waals surface area contributed by atoms with E-state index in [2.05, 4.69) is 4.72 Å². The van der Waals surface area contributed by atoms with Gasteiger partial charge in [0.2, 0.25) is 10.0 Å². The molecule has 3 aromatic rings. The topological polar surface area (TPSA) is 142 Å². The number of amides is 3. The van der Waals surface area contributed by atoms with Crippen LogP contribution in [-0.4, -0.2) is 48.8 Å². The average Bonchev–Trinajstić information content (AvgIpc) is 3.14. The smallest absolute Gasteiger partial charge is 0.261 e. The third kappa shape index (κ3) is 5.97. The maximum atomic E-state index is 12.9. The van der Waals surface area contributed by atoms with Crippen LogP contribution in [0, 0.1) is 0 Å². The predicted molar refractivity (Wildman–Crippen MR) is 133 cm³/mol. The van der Waals surface area contributed by atoms with E-state index in [0.717, 1.165) is 4.90 Å². The van der Waals surface area contributed by atoms with Crippen LogP contribution in [0.1, 0.15) is 33.6 Å². The van der Waals surface area contributed by atoms with E-state index in [-0.39, 0.29) is 24.3 Å². The van der Waals surface area contributed by atoms with E-state index in [1.54, 1.807) is 48.5 Å². The number of rotatable bonds is 10. The number of imide groups is 1. The zero-order valence-corrected chi connectivity index (χ0v) is 20.8. The van der Waals surface area contributed by atoms with Crippen LogP contribution >= 0.6 is 11.6 Å². The molecular weight excluding hydrogens is 522 g/mol. The van der Waals surface area contributed by atoms with Crippen LogP contribution in [0.2, 0.25) is 5.02 Å². The van der Waals surface area contributed by atoms with Gasteiger partial charge in [0.05, 0.1) is 16.0 Å². The molecule has 4 rings (SSSR count). The third-order valence-electron chi connectivity index (χ3n) is 5.66. The molecule has 1 heterocycles. The van der Waals surface area contributed by atoms with Gasteiger partial charge in [-0.1, -0.05) is 23.7 Å². The van der Waals surface area contributed by atoms with Gasteiger partial charge in [0.1, 0.15) is 17.5 Å². The Labute approximate surface area is 217 Å². The molecule has 0 spiro atoms. The molecular formula is C25H22ClN3O7S. The Morgan fingerprint density at radius 2 is 1.46 bits per heavy atom. The molecule has 10 nitrogen and oxygen atoms in total. The monoisotopic (exact) mass is 543 g/mol. The number of carbonyl (C=O) groups excluding carboxylic acids is 3. The lowest BCUT2D eigenvalue weighted by Crippen LogP contribution is -2.46. The minimum absolute atomic E-state index is 0.0278. The molecule has 1 atom stereocenters. The van der Waals surface area contributed by atoms with Gasteiger partial charge in [-0.3, -0.25) is 24.5 Å². The number of sulfonamides is 1. The number of hydrogen-bond acceptors (Lipinski definition) is 7. The van der Waals surface area contributed by atoms with Gasteiger partial charge in [-0.15, -0.1) is 0 Å². The van der Waals surface area contributed by atoms with Crippen molar-refractivity contribution in [2.24, 2.45) is 0 Å². The maximum Gasteiger partial charge on any atom is 0.261 e. The van der Waals surface area contributed by atoms with Gasteiger partial charge in [-0.05, 0) is 73.5 Å². The SMILES string of the molecule is O=C(NO)[C@@H](CCCN1C(=O)c2ccccc2C1=O)NS(=O)(=O)c1ccc(Oc2ccc(Cl)cc2)cc1. The Bertz CT molecular complexity index is 1390. The number of halogens is 1. The van der Waals surface area contributed by atoms with E-state index in [0.29, 0.717) is 27.6 Å². The van der Waals surface area contributed by atoms with Crippen molar-refractivity contribution in [2.75, 3.05) is 6.54 Å². The Morgan fingerprint density at radius 3 is 2.00 bits per heavy atom. The summed E-state index contributed by atoms with van der Waals surface area (Å²) in [6.45, 7) is -0.0278. The molecule has 0 fully saturated rings. The molecule has 0 bridgehead atoms. The van der Waals surface area contributed by atoms with E-state index in [1.807, 2.05) is 0 Å². The number of benzene rings is 3. The minimum Gasteiger partial charge on any atom is -0.457 e. The Hall–Kier alpha value is -3.77. The van der Waals surface area contributed by atoms with Crippen LogP contribution in [0.3, 0.4) is 0 Å². The highest BCUT2D eigenvalue weighted by atomic mass is 35.5. The lowest BCUT2D eigenvalue weighted by Gasteiger charge is -2.19. The first kappa shape index (κ1) is 26.3. The number of ether oxygens (including phenoxy) is 1. The fourth-order valence-electron chi connectivity index (χ4n) is 3.80. The van der Waals surface area contributed by atoms with Gasteiger partial charge in [0, 0.05) is 11.6 Å². The Morgan fingerprint density at radius 1 is 0.919 bits per heavy atom. The van der Waals surface area contributed by atoms with Crippen molar-refractivity contribution in [1.29, 1.82) is 0 Å². The molecule has 3 amide bonds. The van der Waals surface area contributed by atoms with Gasteiger partial charge >= 0.3 is 0 Å². The van der Waals surface area contributed by atoms with Crippen molar-refractivity contribution in [2.45, 2.75) is 23.8 Å². The number of fused-ring (bicyclic) bond motifs is 1. The maximum absolute atomic E-state index is 12.9. The lowest BCUT2D eigenvalue weighted by molar-refractivity contribution is -0.131. The summed E-state index contributed by atoms with van der Waals surface area (Å²) in [4.78, 5) is 38.1. The van der Waals surface area contributed by atoms with Crippen molar-refractivity contribution in [1.82, 2.24) is 15.1 Å². The van der Waals surface area contributed by atoms with Gasteiger partial charge in [0.25, 0.3) is 17.7 Å². The molecule has 0 aliphatic carbocycles. The Kier molecular flexibility index (Phi) is 7.89. The highest BCUT2D eigenvalue weighted by Gasteiger charge is 2.35. The van der Waals surface area contributed by atoms with Gasteiger partial charge in [0.15, 0.2) is 0 Å². The largest absolute Gasteiger partial charge is 0.457 e. The van der Waals surface area contributed by atoms with Crippen LogP contribution < -0.4 is 14.9 Å². The summed E-state index contributed by atoms with van der Waals surface area (Å²) in [5.41, 5.74) is 2.03. The van der Waals surface area contributed by atoms with Crippen molar-refractivity contribution < 1.29 is 32.7 Å². The van der Waals surface area contributed by atoms with Crippen LogP contribution in [0.15, 0.2) is 77.7 Å². The Balaban J connectivity index is 1.39. The normalized spacial score (nSPS) is 13.8. The molecule has 0 saturated carbocycles. The summed E-state index contributed by atoms with van der Waals surface area (Å²) >= 11 is 5.85. The molecule has 0 aromatic heterocycles. The second-order valence-electron chi connectivity index (χ2n) is 8.13. The van der Waals surface area contributed by atoms with Gasteiger partial charge in [-0.2, -0.15) is 4.72 Å². The molecule has 12 heteroatoms. The molecule has 192 valence electrons. The molecule has 1 aliphatic heterocycles. The van der Waals surface area contributed by atoms with Crippen LogP contribution in [-0.2, 0) is 14.8 Å². The molecule has 1 aliphatic rings. The fraction of sp³-hybridized carbons (Fsp3) is 0.160. The first-order valence-corrected chi connectivity index (χ1v) is 13.0. The van der Waals surface area contributed by atoms with Gasteiger partial charge in [-0.25, -0.2) is 13.9 Å². The van der Waals surface area contributed by atoms with E-state index >= 15 is 0 Å². The summed E-state index contributed by atoms with van der Waals surface area (Å²) in [6.07, 6.45) is 0.0245. The van der Waals surface area contributed by atoms with Crippen molar-refractivity contribution in [3.8, 4) is 11.5 Å². The molecule has 0 saturated heterocycles. The average molecular weight is 544 g/mol.